The smallest absolute Gasteiger partial charge is 0.254 e. The molecule has 0 saturated carbocycles. The van der Waals surface area contributed by atoms with Gasteiger partial charge in [0.2, 0.25) is 0 Å². The molecule has 1 aromatic rings. The molecule has 1 unspecified atom stereocenters. The Morgan fingerprint density at radius 3 is 3.00 bits per heavy atom. The third-order valence-corrected chi connectivity index (χ3v) is 3.69. The molecule has 2 rings (SSSR count). The zero-order valence-electron chi connectivity index (χ0n) is 12.4. The highest BCUT2D eigenvalue weighted by molar-refractivity contribution is 5.94. The van der Waals surface area contributed by atoms with Gasteiger partial charge in [0.25, 0.3) is 5.91 Å². The van der Waals surface area contributed by atoms with Gasteiger partial charge in [-0.15, -0.1) is 0 Å². The van der Waals surface area contributed by atoms with Crippen LogP contribution >= 0.6 is 0 Å². The second kappa shape index (κ2) is 7.41. The number of ether oxygens (including phenoxy) is 1. The van der Waals surface area contributed by atoms with Gasteiger partial charge >= 0.3 is 0 Å². The predicted molar refractivity (Wildman–Crippen MR) is 79.8 cm³/mol. The van der Waals surface area contributed by atoms with Gasteiger partial charge in [-0.3, -0.25) is 4.79 Å². The maximum Gasteiger partial charge on any atom is 0.254 e. The average Bonchev–Trinajstić information content (AvgIpc) is 2.98. The average molecular weight is 276 g/mol. The summed E-state index contributed by atoms with van der Waals surface area (Å²) in [6.07, 6.45) is 2.03. The van der Waals surface area contributed by atoms with E-state index in [0.29, 0.717) is 12.6 Å². The first-order chi connectivity index (χ1) is 9.76. The van der Waals surface area contributed by atoms with Gasteiger partial charge in [-0.05, 0) is 37.1 Å². The van der Waals surface area contributed by atoms with Crippen LogP contribution in [-0.2, 0) is 11.3 Å². The maximum absolute atomic E-state index is 12.7. The van der Waals surface area contributed by atoms with Crippen LogP contribution in [0.4, 0.5) is 0 Å². The zero-order chi connectivity index (χ0) is 14.4. The first-order valence-corrected chi connectivity index (χ1v) is 7.35. The standard InChI is InChI=1S/C16H24N2O2/c1-3-9-18(15-7-8-17-11-15)16(19)14-6-4-5-13(10-14)12-20-2/h4-6,10,15,17H,3,7-9,11-12H2,1-2H3. The summed E-state index contributed by atoms with van der Waals surface area (Å²) in [7, 11) is 1.67. The van der Waals surface area contributed by atoms with E-state index in [1.807, 2.05) is 29.2 Å². The van der Waals surface area contributed by atoms with Crippen LogP contribution in [0.1, 0.15) is 35.7 Å². The lowest BCUT2D eigenvalue weighted by atomic mass is 10.1. The summed E-state index contributed by atoms with van der Waals surface area (Å²) in [6, 6.07) is 8.08. The van der Waals surface area contributed by atoms with E-state index in [0.717, 1.165) is 43.6 Å². The monoisotopic (exact) mass is 276 g/mol. The van der Waals surface area contributed by atoms with Crippen molar-refractivity contribution in [2.75, 3.05) is 26.7 Å². The molecule has 4 nitrogen and oxygen atoms in total. The van der Waals surface area contributed by atoms with Gasteiger partial charge in [0, 0.05) is 31.8 Å². The van der Waals surface area contributed by atoms with E-state index in [9.17, 15) is 4.79 Å². The zero-order valence-corrected chi connectivity index (χ0v) is 12.4. The van der Waals surface area contributed by atoms with Gasteiger partial charge in [-0.25, -0.2) is 0 Å². The molecule has 1 aliphatic rings. The molecule has 110 valence electrons. The lowest BCUT2D eigenvalue weighted by molar-refractivity contribution is 0.0692. The summed E-state index contributed by atoms with van der Waals surface area (Å²) < 4.78 is 5.14. The molecule has 1 aliphatic heterocycles. The number of nitrogens with one attached hydrogen (secondary N) is 1. The first kappa shape index (κ1) is 15.0. The van der Waals surface area contributed by atoms with Crippen molar-refractivity contribution in [3.63, 3.8) is 0 Å². The highest BCUT2D eigenvalue weighted by Crippen LogP contribution is 2.15. The molecular weight excluding hydrogens is 252 g/mol. The van der Waals surface area contributed by atoms with E-state index >= 15 is 0 Å². The van der Waals surface area contributed by atoms with E-state index in [1.54, 1.807) is 7.11 Å². The Labute approximate surface area is 121 Å². The van der Waals surface area contributed by atoms with Crippen molar-refractivity contribution in [3.8, 4) is 0 Å². The summed E-state index contributed by atoms with van der Waals surface area (Å²) in [5, 5.41) is 3.34. The fourth-order valence-electron chi connectivity index (χ4n) is 2.72. The topological polar surface area (TPSA) is 41.6 Å². The van der Waals surface area contributed by atoms with E-state index in [-0.39, 0.29) is 5.91 Å². The molecule has 20 heavy (non-hydrogen) atoms. The van der Waals surface area contributed by atoms with Crippen LogP contribution in [0.3, 0.4) is 0 Å². The van der Waals surface area contributed by atoms with Gasteiger partial charge < -0.3 is 15.0 Å². The van der Waals surface area contributed by atoms with E-state index in [4.69, 9.17) is 4.74 Å². The van der Waals surface area contributed by atoms with Crippen molar-refractivity contribution in [1.82, 2.24) is 10.2 Å². The maximum atomic E-state index is 12.7. The van der Waals surface area contributed by atoms with Crippen molar-refractivity contribution in [2.45, 2.75) is 32.4 Å². The Balaban J connectivity index is 2.15. The molecule has 0 radical (unpaired) electrons. The molecule has 1 heterocycles. The van der Waals surface area contributed by atoms with Gasteiger partial charge in [-0.2, -0.15) is 0 Å². The molecule has 1 saturated heterocycles. The predicted octanol–water partition coefficient (Wildman–Crippen LogP) is 2.05. The molecule has 1 fully saturated rings. The third-order valence-electron chi connectivity index (χ3n) is 3.69. The Hall–Kier alpha value is -1.39. The van der Waals surface area contributed by atoms with Crippen molar-refractivity contribution >= 4 is 5.91 Å². The molecule has 1 aromatic carbocycles. The lowest BCUT2D eigenvalue weighted by Crippen LogP contribution is -2.42. The Morgan fingerprint density at radius 1 is 1.50 bits per heavy atom. The second-order valence-corrected chi connectivity index (χ2v) is 5.28. The molecule has 0 aromatic heterocycles. The molecule has 4 heteroatoms. The summed E-state index contributed by atoms with van der Waals surface area (Å²) in [6.45, 7) is 5.38. The fraction of sp³-hybridized carbons (Fsp3) is 0.562. The number of carbonyl (C=O) groups is 1. The largest absolute Gasteiger partial charge is 0.380 e. The Morgan fingerprint density at radius 2 is 2.35 bits per heavy atom. The minimum Gasteiger partial charge on any atom is -0.380 e. The minimum atomic E-state index is 0.138. The summed E-state index contributed by atoms with van der Waals surface area (Å²) in [4.78, 5) is 14.8. The van der Waals surface area contributed by atoms with Crippen molar-refractivity contribution in [1.29, 1.82) is 0 Å². The number of hydrogen-bond donors (Lipinski definition) is 1. The number of benzene rings is 1. The van der Waals surface area contributed by atoms with Gasteiger partial charge in [0.1, 0.15) is 0 Å². The quantitative estimate of drug-likeness (QED) is 0.864. The Bertz CT molecular complexity index is 442. The van der Waals surface area contributed by atoms with Crippen LogP contribution < -0.4 is 5.32 Å². The number of carbonyl (C=O) groups excluding carboxylic acids is 1. The number of hydrogen-bond acceptors (Lipinski definition) is 3. The highest BCUT2D eigenvalue weighted by Gasteiger charge is 2.26. The third kappa shape index (κ3) is 3.58. The summed E-state index contributed by atoms with van der Waals surface area (Å²) >= 11 is 0. The van der Waals surface area contributed by atoms with Crippen molar-refractivity contribution < 1.29 is 9.53 Å². The molecular formula is C16H24N2O2. The summed E-state index contributed by atoms with van der Waals surface area (Å²) in [5.74, 6) is 0.138. The van der Waals surface area contributed by atoms with Crippen molar-refractivity contribution in [3.05, 3.63) is 35.4 Å². The number of amides is 1. The van der Waals surface area contributed by atoms with Gasteiger partial charge in [0.15, 0.2) is 0 Å². The fourth-order valence-corrected chi connectivity index (χ4v) is 2.72. The van der Waals surface area contributed by atoms with Crippen LogP contribution in [-0.4, -0.2) is 43.6 Å². The SMILES string of the molecule is CCCN(C(=O)c1cccc(COC)c1)C1CCNC1. The number of nitrogens with zero attached hydrogens (tertiary/aromatic N) is 1. The molecule has 1 N–H and O–H groups in total. The molecule has 1 atom stereocenters. The molecule has 0 spiro atoms. The molecule has 0 aliphatic carbocycles. The second-order valence-electron chi connectivity index (χ2n) is 5.28. The van der Waals surface area contributed by atoms with E-state index < -0.39 is 0 Å². The van der Waals surface area contributed by atoms with Crippen LogP contribution in [0.5, 0.6) is 0 Å². The van der Waals surface area contributed by atoms with E-state index in [2.05, 4.69) is 12.2 Å². The van der Waals surface area contributed by atoms with Gasteiger partial charge in [0.05, 0.1) is 6.61 Å². The normalized spacial score (nSPS) is 18.2. The molecule has 1 amide bonds. The lowest BCUT2D eigenvalue weighted by Gasteiger charge is -2.28. The highest BCUT2D eigenvalue weighted by atomic mass is 16.5. The molecule has 0 bridgehead atoms. The van der Waals surface area contributed by atoms with Crippen molar-refractivity contribution in [2.24, 2.45) is 0 Å². The van der Waals surface area contributed by atoms with Crippen LogP contribution in [0.2, 0.25) is 0 Å². The van der Waals surface area contributed by atoms with Crippen LogP contribution in [0, 0.1) is 0 Å². The Kier molecular flexibility index (Phi) is 5.56. The van der Waals surface area contributed by atoms with Crippen LogP contribution in [0.25, 0.3) is 0 Å². The number of methoxy groups -OCH3 is 1. The van der Waals surface area contributed by atoms with E-state index in [1.165, 1.54) is 0 Å². The first-order valence-electron chi connectivity index (χ1n) is 7.35. The van der Waals surface area contributed by atoms with Crippen LogP contribution in [0.15, 0.2) is 24.3 Å². The van der Waals surface area contributed by atoms with Gasteiger partial charge in [-0.1, -0.05) is 19.1 Å². The minimum absolute atomic E-state index is 0.138. The summed E-state index contributed by atoms with van der Waals surface area (Å²) in [5.41, 5.74) is 1.80. The number of rotatable bonds is 6.